The van der Waals surface area contributed by atoms with Gasteiger partial charge in [0.15, 0.2) is 0 Å². The fraction of sp³-hybridized carbons (Fsp3) is 0.300. The molecule has 1 fully saturated rings. The van der Waals surface area contributed by atoms with Crippen molar-refractivity contribution in [3.63, 3.8) is 0 Å². The molecule has 1 atom stereocenters. The molecule has 7 heteroatoms. The van der Waals surface area contributed by atoms with Crippen molar-refractivity contribution in [3.8, 4) is 0 Å². The van der Waals surface area contributed by atoms with E-state index >= 15 is 0 Å². The summed E-state index contributed by atoms with van der Waals surface area (Å²) in [5, 5.41) is 8.20. The minimum Gasteiger partial charge on any atom is -0.371 e. The molecule has 0 aliphatic carbocycles. The molecule has 1 aliphatic heterocycles. The van der Waals surface area contributed by atoms with Crippen molar-refractivity contribution < 1.29 is 14.0 Å². The second-order valence-electron chi connectivity index (χ2n) is 6.57. The molecule has 0 saturated carbocycles. The third kappa shape index (κ3) is 4.97. The van der Waals surface area contributed by atoms with Crippen LogP contribution in [0.15, 0.2) is 48.5 Å². The van der Waals surface area contributed by atoms with Gasteiger partial charge in [-0.15, -0.1) is 0 Å². The zero-order valence-corrected chi connectivity index (χ0v) is 15.2. The predicted octanol–water partition coefficient (Wildman–Crippen LogP) is 2.83. The third-order valence-electron chi connectivity index (χ3n) is 4.66. The van der Waals surface area contributed by atoms with Crippen molar-refractivity contribution >= 4 is 23.3 Å². The summed E-state index contributed by atoms with van der Waals surface area (Å²) in [5.41, 5.74) is 2.16. The average Bonchev–Trinajstić information content (AvgIpc) is 3.16. The van der Waals surface area contributed by atoms with Crippen molar-refractivity contribution in [1.29, 1.82) is 0 Å². The summed E-state index contributed by atoms with van der Waals surface area (Å²) in [5.74, 6) is -0.0643. The van der Waals surface area contributed by atoms with E-state index in [1.807, 2.05) is 0 Å². The Balaban J connectivity index is 1.44. The van der Waals surface area contributed by atoms with E-state index < -0.39 is 0 Å². The molecule has 0 radical (unpaired) electrons. The summed E-state index contributed by atoms with van der Waals surface area (Å²) in [7, 11) is 1.57. The first kappa shape index (κ1) is 18.7. The zero-order chi connectivity index (χ0) is 19.2. The topological polar surface area (TPSA) is 73.5 Å². The van der Waals surface area contributed by atoms with Crippen LogP contribution in [-0.4, -0.2) is 38.6 Å². The molecule has 2 aromatic carbocycles. The number of nitrogens with one attached hydrogen (secondary N) is 3. The number of hydrogen-bond donors (Lipinski definition) is 3. The minimum absolute atomic E-state index is 0.169. The van der Waals surface area contributed by atoms with E-state index in [9.17, 15) is 14.0 Å². The SMILES string of the molecule is CNC(=O)c1ccc(NC(=O)NC[C@H]2CCN(c3ccc(F)cc3)C2)cc1. The van der Waals surface area contributed by atoms with E-state index in [2.05, 4.69) is 20.9 Å². The number of benzene rings is 2. The lowest BCUT2D eigenvalue weighted by atomic mass is 10.1. The predicted molar refractivity (Wildman–Crippen MR) is 104 cm³/mol. The highest BCUT2D eigenvalue weighted by molar-refractivity contribution is 5.95. The van der Waals surface area contributed by atoms with Gasteiger partial charge < -0.3 is 20.9 Å². The summed E-state index contributed by atoms with van der Waals surface area (Å²) in [6, 6.07) is 12.9. The Morgan fingerprint density at radius 1 is 1.11 bits per heavy atom. The Morgan fingerprint density at radius 3 is 2.48 bits per heavy atom. The standard InChI is InChI=1S/C20H23FN4O2/c1-22-19(26)15-2-6-17(7-3-15)24-20(27)23-12-14-10-11-25(13-14)18-8-4-16(21)5-9-18/h2-9,14H,10-13H2,1H3,(H,22,26)(H2,23,24,27)/t14-/m1/s1. The summed E-state index contributed by atoms with van der Waals surface area (Å²) in [6.07, 6.45) is 0.971. The van der Waals surface area contributed by atoms with Crippen molar-refractivity contribution in [1.82, 2.24) is 10.6 Å². The molecule has 1 saturated heterocycles. The van der Waals surface area contributed by atoms with Gasteiger partial charge in [-0.25, -0.2) is 9.18 Å². The largest absolute Gasteiger partial charge is 0.371 e. The molecule has 0 unspecified atom stereocenters. The molecular weight excluding hydrogens is 347 g/mol. The lowest BCUT2D eigenvalue weighted by Gasteiger charge is -2.19. The van der Waals surface area contributed by atoms with Gasteiger partial charge in [0.05, 0.1) is 0 Å². The Morgan fingerprint density at radius 2 is 1.81 bits per heavy atom. The van der Waals surface area contributed by atoms with Crippen LogP contribution in [0.5, 0.6) is 0 Å². The van der Waals surface area contributed by atoms with Crippen molar-refractivity contribution in [2.75, 3.05) is 36.9 Å². The van der Waals surface area contributed by atoms with Crippen LogP contribution in [-0.2, 0) is 0 Å². The van der Waals surface area contributed by atoms with E-state index in [1.165, 1.54) is 12.1 Å². The highest BCUT2D eigenvalue weighted by atomic mass is 19.1. The monoisotopic (exact) mass is 370 g/mol. The first-order chi connectivity index (χ1) is 13.0. The lowest BCUT2D eigenvalue weighted by Crippen LogP contribution is -2.34. The first-order valence-electron chi connectivity index (χ1n) is 8.92. The maximum atomic E-state index is 13.0. The van der Waals surface area contributed by atoms with Gasteiger partial charge in [0.25, 0.3) is 5.91 Å². The number of hydrogen-bond acceptors (Lipinski definition) is 3. The molecule has 3 N–H and O–H groups in total. The van der Waals surface area contributed by atoms with Crippen molar-refractivity contribution in [2.45, 2.75) is 6.42 Å². The second kappa shape index (κ2) is 8.53. The molecule has 3 amide bonds. The maximum Gasteiger partial charge on any atom is 0.319 e. The fourth-order valence-corrected chi connectivity index (χ4v) is 3.15. The Bertz CT molecular complexity index is 793. The van der Waals surface area contributed by atoms with Crippen LogP contribution in [0.3, 0.4) is 0 Å². The molecule has 142 valence electrons. The van der Waals surface area contributed by atoms with Crippen LogP contribution in [0.4, 0.5) is 20.6 Å². The average molecular weight is 370 g/mol. The van der Waals surface area contributed by atoms with Crippen LogP contribution in [0.1, 0.15) is 16.8 Å². The van der Waals surface area contributed by atoms with Gasteiger partial charge in [-0.1, -0.05) is 0 Å². The Hall–Kier alpha value is -3.09. The van der Waals surface area contributed by atoms with Gasteiger partial charge in [-0.2, -0.15) is 0 Å². The molecule has 0 aromatic heterocycles. The van der Waals surface area contributed by atoms with Crippen molar-refractivity contribution in [2.24, 2.45) is 5.92 Å². The number of halogens is 1. The summed E-state index contributed by atoms with van der Waals surface area (Å²) in [4.78, 5) is 25.8. The molecule has 3 rings (SSSR count). The molecule has 1 heterocycles. The Labute approximate surface area is 157 Å². The molecule has 6 nitrogen and oxygen atoms in total. The van der Waals surface area contributed by atoms with Crippen LogP contribution in [0.2, 0.25) is 0 Å². The first-order valence-corrected chi connectivity index (χ1v) is 8.92. The summed E-state index contributed by atoms with van der Waals surface area (Å²) in [6.45, 7) is 2.28. The summed E-state index contributed by atoms with van der Waals surface area (Å²) < 4.78 is 13.0. The number of carbonyl (C=O) groups is 2. The van der Waals surface area contributed by atoms with Gasteiger partial charge in [0.1, 0.15) is 5.82 Å². The number of urea groups is 1. The third-order valence-corrected chi connectivity index (χ3v) is 4.66. The highest BCUT2D eigenvalue weighted by Crippen LogP contribution is 2.23. The van der Waals surface area contributed by atoms with Crippen LogP contribution in [0.25, 0.3) is 0 Å². The molecule has 0 bridgehead atoms. The van der Waals surface area contributed by atoms with Crippen molar-refractivity contribution in [3.05, 3.63) is 59.9 Å². The van der Waals surface area contributed by atoms with E-state index in [4.69, 9.17) is 0 Å². The molecule has 0 spiro atoms. The molecule has 1 aliphatic rings. The van der Waals surface area contributed by atoms with E-state index in [0.717, 1.165) is 25.2 Å². The number of carbonyl (C=O) groups excluding carboxylic acids is 2. The number of rotatable bonds is 5. The lowest BCUT2D eigenvalue weighted by molar-refractivity contribution is 0.0963. The minimum atomic E-state index is -0.275. The zero-order valence-electron chi connectivity index (χ0n) is 15.2. The summed E-state index contributed by atoms with van der Waals surface area (Å²) >= 11 is 0. The maximum absolute atomic E-state index is 13.0. The normalized spacial score (nSPS) is 16.1. The Kier molecular flexibility index (Phi) is 5.90. The number of anilines is 2. The van der Waals surface area contributed by atoms with Gasteiger partial charge in [0, 0.05) is 43.6 Å². The van der Waals surface area contributed by atoms with Crippen LogP contribution in [0, 0.1) is 11.7 Å². The van der Waals surface area contributed by atoms with E-state index in [0.29, 0.717) is 23.7 Å². The van der Waals surface area contributed by atoms with E-state index in [-0.39, 0.29) is 17.8 Å². The van der Waals surface area contributed by atoms with Gasteiger partial charge in [-0.3, -0.25) is 4.79 Å². The second-order valence-corrected chi connectivity index (χ2v) is 6.57. The molecule has 2 aromatic rings. The molecule has 27 heavy (non-hydrogen) atoms. The number of nitrogens with zero attached hydrogens (tertiary/aromatic N) is 1. The quantitative estimate of drug-likeness (QED) is 0.758. The van der Waals surface area contributed by atoms with Gasteiger partial charge in [-0.05, 0) is 60.9 Å². The van der Waals surface area contributed by atoms with Gasteiger partial charge in [0.2, 0.25) is 0 Å². The smallest absolute Gasteiger partial charge is 0.319 e. The van der Waals surface area contributed by atoms with Crippen LogP contribution >= 0.6 is 0 Å². The highest BCUT2D eigenvalue weighted by Gasteiger charge is 2.23. The van der Waals surface area contributed by atoms with E-state index in [1.54, 1.807) is 43.4 Å². The molecular formula is C20H23FN4O2. The number of amides is 3. The van der Waals surface area contributed by atoms with Gasteiger partial charge >= 0.3 is 6.03 Å². The fourth-order valence-electron chi connectivity index (χ4n) is 3.15. The van der Waals surface area contributed by atoms with Crippen LogP contribution < -0.4 is 20.9 Å².